The van der Waals surface area contributed by atoms with Crippen molar-refractivity contribution in [2.45, 2.75) is 52.6 Å². The van der Waals surface area contributed by atoms with Crippen LogP contribution in [-0.4, -0.2) is 18.7 Å². The van der Waals surface area contributed by atoms with Gasteiger partial charge in [-0.15, -0.1) is 0 Å². The van der Waals surface area contributed by atoms with Crippen molar-refractivity contribution in [3.8, 4) is 0 Å². The number of hydrogen-bond acceptors (Lipinski definition) is 1. The van der Waals surface area contributed by atoms with Gasteiger partial charge in [0.15, 0.2) is 11.0 Å². The number of imidazole rings is 1. The second kappa shape index (κ2) is 9.59. The largest absolute Gasteiger partial charge is 0.378 e. The summed E-state index contributed by atoms with van der Waals surface area (Å²) in [5.74, 6) is 1.31. The van der Waals surface area contributed by atoms with Gasteiger partial charge in [0.05, 0.1) is 13.1 Å². The fourth-order valence-corrected chi connectivity index (χ4v) is 3.65. The van der Waals surface area contributed by atoms with Crippen LogP contribution in [0.15, 0.2) is 48.5 Å². The Hall–Kier alpha value is -2.55. The molecular formula is C25H34N3+. The maximum Gasteiger partial charge on any atom is 0.282 e. The predicted octanol–water partition coefficient (Wildman–Crippen LogP) is 5.77. The van der Waals surface area contributed by atoms with Crippen LogP contribution in [0.25, 0.3) is 23.2 Å². The van der Waals surface area contributed by atoms with Crippen LogP contribution in [0.5, 0.6) is 0 Å². The van der Waals surface area contributed by atoms with Crippen molar-refractivity contribution in [3.63, 3.8) is 0 Å². The molecule has 0 aliphatic carbocycles. The van der Waals surface area contributed by atoms with Gasteiger partial charge in [0, 0.05) is 25.9 Å². The third kappa shape index (κ3) is 4.46. The number of unbranched alkanes of at least 4 members (excludes halogenated alkanes) is 2. The summed E-state index contributed by atoms with van der Waals surface area (Å²) in [7, 11) is 4.15. The Balaban J connectivity index is 2.03. The first-order valence-corrected chi connectivity index (χ1v) is 10.6. The van der Waals surface area contributed by atoms with E-state index in [1.807, 2.05) is 0 Å². The van der Waals surface area contributed by atoms with Gasteiger partial charge in [-0.05, 0) is 48.7 Å². The van der Waals surface area contributed by atoms with Gasteiger partial charge in [-0.25, -0.2) is 9.13 Å². The minimum atomic E-state index is 1.06. The Morgan fingerprint density at radius 1 is 0.893 bits per heavy atom. The normalized spacial score (nSPS) is 11.6. The molecule has 28 heavy (non-hydrogen) atoms. The Morgan fingerprint density at radius 2 is 1.61 bits per heavy atom. The quantitative estimate of drug-likeness (QED) is 0.432. The average molecular weight is 377 g/mol. The number of aromatic nitrogens is 2. The van der Waals surface area contributed by atoms with Gasteiger partial charge in [-0.3, -0.25) is 0 Å². The van der Waals surface area contributed by atoms with Crippen molar-refractivity contribution in [1.82, 2.24) is 4.57 Å². The molecule has 2 aromatic carbocycles. The lowest BCUT2D eigenvalue weighted by Crippen LogP contribution is -2.36. The van der Waals surface area contributed by atoms with Crippen LogP contribution < -0.4 is 9.47 Å². The number of rotatable bonds is 9. The highest BCUT2D eigenvalue weighted by Crippen LogP contribution is 2.19. The molecule has 0 aliphatic heterocycles. The standard InChI is InChI=1S/C25H34N3/c1-5-7-19-27-23-11-9-10-12-24(23)28(20-8-6-2)25(27)18-15-21-13-16-22(17-14-21)26(3)4/h9-18H,5-8,19-20H2,1-4H3/q+1. The molecule has 3 nitrogen and oxygen atoms in total. The smallest absolute Gasteiger partial charge is 0.282 e. The highest BCUT2D eigenvalue weighted by Gasteiger charge is 2.22. The van der Waals surface area contributed by atoms with Crippen molar-refractivity contribution in [2.75, 3.05) is 19.0 Å². The summed E-state index contributed by atoms with van der Waals surface area (Å²) in [4.78, 5) is 2.13. The van der Waals surface area contributed by atoms with Crippen LogP contribution in [0.3, 0.4) is 0 Å². The van der Waals surface area contributed by atoms with Gasteiger partial charge in [-0.1, -0.05) is 51.0 Å². The minimum Gasteiger partial charge on any atom is -0.378 e. The van der Waals surface area contributed by atoms with Gasteiger partial charge in [0.2, 0.25) is 0 Å². The Kier molecular flexibility index (Phi) is 6.91. The summed E-state index contributed by atoms with van der Waals surface area (Å²) >= 11 is 0. The lowest BCUT2D eigenvalue weighted by Gasteiger charge is -2.11. The number of anilines is 1. The van der Waals surface area contributed by atoms with Crippen molar-refractivity contribution in [3.05, 3.63) is 59.9 Å². The lowest BCUT2D eigenvalue weighted by atomic mass is 10.2. The van der Waals surface area contributed by atoms with Gasteiger partial charge in [0.1, 0.15) is 0 Å². The molecule has 3 heteroatoms. The zero-order valence-electron chi connectivity index (χ0n) is 17.9. The van der Waals surface area contributed by atoms with E-state index in [0.29, 0.717) is 0 Å². The lowest BCUT2D eigenvalue weighted by molar-refractivity contribution is -0.674. The fraction of sp³-hybridized carbons (Fsp3) is 0.400. The summed E-state index contributed by atoms with van der Waals surface area (Å²) in [6, 6.07) is 17.6. The second-order valence-electron chi connectivity index (χ2n) is 7.68. The first-order valence-electron chi connectivity index (χ1n) is 10.6. The van der Waals surface area contributed by atoms with E-state index in [1.54, 1.807) is 0 Å². The molecule has 0 aliphatic rings. The van der Waals surface area contributed by atoms with E-state index >= 15 is 0 Å². The molecule has 0 bridgehead atoms. The number of hydrogen-bond donors (Lipinski definition) is 0. The first kappa shape index (κ1) is 20.2. The van der Waals surface area contributed by atoms with Crippen molar-refractivity contribution >= 4 is 28.9 Å². The summed E-state index contributed by atoms with van der Waals surface area (Å²) in [5.41, 5.74) is 5.15. The molecule has 1 heterocycles. The van der Waals surface area contributed by atoms with E-state index < -0.39 is 0 Å². The van der Waals surface area contributed by atoms with Crippen LogP contribution in [-0.2, 0) is 13.1 Å². The van der Waals surface area contributed by atoms with Crippen molar-refractivity contribution in [1.29, 1.82) is 0 Å². The molecule has 3 aromatic rings. The third-order valence-electron chi connectivity index (χ3n) is 5.32. The molecule has 0 saturated carbocycles. The molecule has 0 spiro atoms. The zero-order valence-corrected chi connectivity index (χ0v) is 17.9. The number of nitrogens with zero attached hydrogens (tertiary/aromatic N) is 3. The van der Waals surface area contributed by atoms with E-state index in [2.05, 4.69) is 103 Å². The molecule has 3 rings (SSSR count). The van der Waals surface area contributed by atoms with Gasteiger partial charge >= 0.3 is 0 Å². The van der Waals surface area contributed by atoms with E-state index in [0.717, 1.165) is 13.1 Å². The fourth-order valence-electron chi connectivity index (χ4n) is 3.65. The maximum atomic E-state index is 2.50. The zero-order chi connectivity index (χ0) is 19.9. The van der Waals surface area contributed by atoms with E-state index in [9.17, 15) is 0 Å². The summed E-state index contributed by atoms with van der Waals surface area (Å²) in [6.07, 6.45) is 9.36. The Labute approximate surface area is 169 Å². The first-order chi connectivity index (χ1) is 13.7. The summed E-state index contributed by atoms with van der Waals surface area (Å²) in [5, 5.41) is 0. The molecular weight excluding hydrogens is 342 g/mol. The van der Waals surface area contributed by atoms with E-state index in [4.69, 9.17) is 0 Å². The van der Waals surface area contributed by atoms with Crippen molar-refractivity contribution < 1.29 is 4.57 Å². The summed E-state index contributed by atoms with van der Waals surface area (Å²) < 4.78 is 5.00. The highest BCUT2D eigenvalue weighted by molar-refractivity contribution is 5.76. The molecule has 148 valence electrons. The molecule has 0 unspecified atom stereocenters. The molecule has 0 amide bonds. The number of para-hydroxylation sites is 2. The Bertz CT molecular complexity index is 872. The van der Waals surface area contributed by atoms with Gasteiger partial charge in [0.25, 0.3) is 5.82 Å². The van der Waals surface area contributed by atoms with Crippen LogP contribution >= 0.6 is 0 Å². The number of fused-ring (bicyclic) bond motifs is 1. The molecule has 0 radical (unpaired) electrons. The molecule has 0 N–H and O–H groups in total. The third-order valence-corrected chi connectivity index (χ3v) is 5.32. The van der Waals surface area contributed by atoms with Crippen LogP contribution in [0, 0.1) is 0 Å². The molecule has 0 saturated heterocycles. The van der Waals surface area contributed by atoms with Gasteiger partial charge < -0.3 is 4.90 Å². The highest BCUT2D eigenvalue weighted by atomic mass is 15.2. The molecule has 0 atom stereocenters. The monoisotopic (exact) mass is 376 g/mol. The topological polar surface area (TPSA) is 12.1 Å². The van der Waals surface area contributed by atoms with Crippen LogP contribution in [0.1, 0.15) is 50.9 Å². The predicted molar refractivity (Wildman–Crippen MR) is 122 cm³/mol. The number of benzene rings is 2. The van der Waals surface area contributed by atoms with Gasteiger partial charge in [-0.2, -0.15) is 0 Å². The molecule has 0 fully saturated rings. The van der Waals surface area contributed by atoms with E-state index in [1.165, 1.54) is 53.8 Å². The Morgan fingerprint density at radius 3 is 2.29 bits per heavy atom. The molecule has 1 aromatic heterocycles. The average Bonchev–Trinajstić information content (AvgIpc) is 3.02. The second-order valence-corrected chi connectivity index (χ2v) is 7.68. The van der Waals surface area contributed by atoms with Crippen LogP contribution in [0.2, 0.25) is 0 Å². The van der Waals surface area contributed by atoms with Crippen molar-refractivity contribution in [2.24, 2.45) is 0 Å². The van der Waals surface area contributed by atoms with Crippen LogP contribution in [0.4, 0.5) is 5.69 Å². The summed E-state index contributed by atoms with van der Waals surface area (Å²) in [6.45, 7) is 6.65. The van der Waals surface area contributed by atoms with E-state index in [-0.39, 0.29) is 0 Å². The minimum absolute atomic E-state index is 1.06. The SMILES string of the molecule is CCCCn1c(C=Cc2ccc(N(C)C)cc2)[n+](CCCC)c2ccccc21. The maximum absolute atomic E-state index is 2.50. The number of aryl methyl sites for hydroxylation is 2.